The third kappa shape index (κ3) is 3.23. The van der Waals surface area contributed by atoms with Crippen molar-refractivity contribution in [3.63, 3.8) is 0 Å². The number of aryl methyl sites for hydroxylation is 1. The molecule has 0 saturated carbocycles. The third-order valence-corrected chi connectivity index (χ3v) is 4.17. The molecule has 0 aliphatic carbocycles. The lowest BCUT2D eigenvalue weighted by molar-refractivity contribution is 0.0950. The summed E-state index contributed by atoms with van der Waals surface area (Å²) in [6.07, 6.45) is 1.78. The Morgan fingerprint density at radius 3 is 2.86 bits per heavy atom. The van der Waals surface area contributed by atoms with E-state index in [0.717, 1.165) is 27.9 Å². The molecular formula is C18H16N2OS. The first-order chi connectivity index (χ1) is 10.7. The average Bonchev–Trinajstić information content (AvgIpc) is 3.08. The fraction of sp³-hybridized carbons (Fsp3) is 0.111. The van der Waals surface area contributed by atoms with Gasteiger partial charge in [0, 0.05) is 29.2 Å². The highest BCUT2D eigenvalue weighted by Gasteiger charge is 2.08. The Balaban J connectivity index is 1.71. The molecule has 0 unspecified atom stereocenters. The lowest BCUT2D eigenvalue weighted by Gasteiger charge is -2.08. The van der Waals surface area contributed by atoms with Crippen LogP contribution in [0.4, 0.5) is 0 Å². The summed E-state index contributed by atoms with van der Waals surface area (Å²) in [5.74, 6) is -0.0491. The van der Waals surface area contributed by atoms with Crippen LogP contribution in [0.25, 0.3) is 11.3 Å². The minimum atomic E-state index is -0.0491. The van der Waals surface area contributed by atoms with E-state index in [4.69, 9.17) is 0 Å². The first kappa shape index (κ1) is 14.5. The summed E-state index contributed by atoms with van der Waals surface area (Å²) in [4.78, 5) is 16.6. The van der Waals surface area contributed by atoms with Crippen LogP contribution in [0.5, 0.6) is 0 Å². The van der Waals surface area contributed by atoms with Crippen LogP contribution in [0.15, 0.2) is 59.4 Å². The molecule has 1 N–H and O–H groups in total. The van der Waals surface area contributed by atoms with Gasteiger partial charge in [-0.15, -0.1) is 0 Å². The largest absolute Gasteiger partial charge is 0.348 e. The molecule has 3 rings (SSSR count). The van der Waals surface area contributed by atoms with E-state index < -0.39 is 0 Å². The summed E-state index contributed by atoms with van der Waals surface area (Å²) in [6, 6.07) is 13.6. The number of hydrogen-bond donors (Lipinski definition) is 1. The van der Waals surface area contributed by atoms with Gasteiger partial charge in [-0.05, 0) is 47.7 Å². The van der Waals surface area contributed by atoms with Crippen LogP contribution >= 0.6 is 11.3 Å². The van der Waals surface area contributed by atoms with Gasteiger partial charge < -0.3 is 5.32 Å². The van der Waals surface area contributed by atoms with E-state index in [1.807, 2.05) is 54.8 Å². The molecule has 0 radical (unpaired) electrons. The number of hydrogen-bond acceptors (Lipinski definition) is 3. The minimum Gasteiger partial charge on any atom is -0.348 e. The molecule has 110 valence electrons. The summed E-state index contributed by atoms with van der Waals surface area (Å²) in [5.41, 5.74) is 4.78. The van der Waals surface area contributed by atoms with E-state index in [0.29, 0.717) is 6.54 Å². The number of carbonyl (C=O) groups excluding carboxylic acids is 1. The number of aromatic nitrogens is 1. The number of rotatable bonds is 4. The van der Waals surface area contributed by atoms with E-state index in [9.17, 15) is 4.79 Å². The maximum atomic E-state index is 12.2. The van der Waals surface area contributed by atoms with E-state index in [1.54, 1.807) is 17.5 Å². The SMILES string of the molecule is Cc1ccccc1C(=O)NCc1ccnc(-c2ccsc2)c1. The highest BCUT2D eigenvalue weighted by atomic mass is 32.1. The number of thiophene rings is 1. The highest BCUT2D eigenvalue weighted by molar-refractivity contribution is 7.08. The van der Waals surface area contributed by atoms with Gasteiger partial charge in [-0.1, -0.05) is 18.2 Å². The first-order valence-electron chi connectivity index (χ1n) is 7.05. The van der Waals surface area contributed by atoms with Crippen molar-refractivity contribution in [3.05, 3.63) is 76.1 Å². The van der Waals surface area contributed by atoms with E-state index >= 15 is 0 Å². The van der Waals surface area contributed by atoms with E-state index in [1.165, 1.54) is 0 Å². The van der Waals surface area contributed by atoms with E-state index in [2.05, 4.69) is 15.7 Å². The van der Waals surface area contributed by atoms with Crippen LogP contribution in [0.3, 0.4) is 0 Å². The summed E-state index contributed by atoms with van der Waals surface area (Å²) in [7, 11) is 0. The molecular weight excluding hydrogens is 292 g/mol. The number of nitrogens with one attached hydrogen (secondary N) is 1. The number of benzene rings is 1. The third-order valence-electron chi connectivity index (χ3n) is 3.48. The Bertz CT molecular complexity index is 781. The second-order valence-electron chi connectivity index (χ2n) is 5.06. The lowest BCUT2D eigenvalue weighted by atomic mass is 10.1. The molecule has 0 fully saturated rings. The smallest absolute Gasteiger partial charge is 0.251 e. The molecule has 0 aliphatic rings. The zero-order valence-corrected chi connectivity index (χ0v) is 13.1. The normalized spacial score (nSPS) is 10.4. The average molecular weight is 308 g/mol. The molecule has 0 saturated heterocycles. The van der Waals surface area contributed by atoms with Crippen LogP contribution < -0.4 is 5.32 Å². The summed E-state index contributed by atoms with van der Waals surface area (Å²) in [5, 5.41) is 7.06. The topological polar surface area (TPSA) is 42.0 Å². The summed E-state index contributed by atoms with van der Waals surface area (Å²) < 4.78 is 0. The van der Waals surface area contributed by atoms with Crippen molar-refractivity contribution in [1.82, 2.24) is 10.3 Å². The minimum absolute atomic E-state index is 0.0491. The Morgan fingerprint density at radius 1 is 1.23 bits per heavy atom. The van der Waals surface area contributed by atoms with Gasteiger partial charge in [0.25, 0.3) is 5.91 Å². The van der Waals surface area contributed by atoms with Gasteiger partial charge in [-0.3, -0.25) is 9.78 Å². The Morgan fingerprint density at radius 2 is 2.09 bits per heavy atom. The summed E-state index contributed by atoms with van der Waals surface area (Å²) >= 11 is 1.65. The van der Waals surface area contributed by atoms with Crippen molar-refractivity contribution in [1.29, 1.82) is 0 Å². The molecule has 0 bridgehead atoms. The quantitative estimate of drug-likeness (QED) is 0.790. The summed E-state index contributed by atoms with van der Waals surface area (Å²) in [6.45, 7) is 2.43. The molecule has 1 amide bonds. The highest BCUT2D eigenvalue weighted by Crippen LogP contribution is 2.20. The van der Waals surface area contributed by atoms with Gasteiger partial charge in [0.2, 0.25) is 0 Å². The zero-order chi connectivity index (χ0) is 15.4. The van der Waals surface area contributed by atoms with Gasteiger partial charge >= 0.3 is 0 Å². The molecule has 0 spiro atoms. The van der Waals surface area contributed by atoms with Gasteiger partial charge in [0.05, 0.1) is 5.69 Å². The Labute approximate surface area is 133 Å². The molecule has 2 aromatic heterocycles. The second-order valence-corrected chi connectivity index (χ2v) is 5.84. The standard InChI is InChI=1S/C18H16N2OS/c1-13-4-2-3-5-16(13)18(21)20-11-14-6-8-19-17(10-14)15-7-9-22-12-15/h2-10,12H,11H2,1H3,(H,20,21). The van der Waals surface area contributed by atoms with Gasteiger partial charge in [-0.2, -0.15) is 11.3 Å². The van der Waals surface area contributed by atoms with Crippen molar-refractivity contribution < 1.29 is 4.79 Å². The van der Waals surface area contributed by atoms with Gasteiger partial charge in [-0.25, -0.2) is 0 Å². The molecule has 3 aromatic rings. The Hall–Kier alpha value is -2.46. The van der Waals surface area contributed by atoms with Crippen LogP contribution in [-0.4, -0.2) is 10.9 Å². The molecule has 2 heterocycles. The monoisotopic (exact) mass is 308 g/mol. The first-order valence-corrected chi connectivity index (χ1v) is 7.99. The predicted octanol–water partition coefficient (Wildman–Crippen LogP) is 4.05. The van der Waals surface area contributed by atoms with Gasteiger partial charge in [0.15, 0.2) is 0 Å². The second kappa shape index (κ2) is 6.54. The van der Waals surface area contributed by atoms with Crippen molar-refractivity contribution in [2.24, 2.45) is 0 Å². The van der Waals surface area contributed by atoms with Crippen molar-refractivity contribution in [2.75, 3.05) is 0 Å². The van der Waals surface area contributed by atoms with Crippen LogP contribution in [0.1, 0.15) is 21.5 Å². The van der Waals surface area contributed by atoms with Gasteiger partial charge in [0.1, 0.15) is 0 Å². The van der Waals surface area contributed by atoms with Crippen LogP contribution in [0, 0.1) is 6.92 Å². The molecule has 0 atom stereocenters. The van der Waals surface area contributed by atoms with Crippen LogP contribution in [-0.2, 0) is 6.54 Å². The molecule has 22 heavy (non-hydrogen) atoms. The van der Waals surface area contributed by atoms with Crippen molar-refractivity contribution in [3.8, 4) is 11.3 Å². The lowest BCUT2D eigenvalue weighted by Crippen LogP contribution is -2.23. The van der Waals surface area contributed by atoms with E-state index in [-0.39, 0.29) is 5.91 Å². The molecule has 0 aliphatic heterocycles. The number of carbonyl (C=O) groups is 1. The zero-order valence-electron chi connectivity index (χ0n) is 12.2. The fourth-order valence-electron chi connectivity index (χ4n) is 2.26. The molecule has 1 aromatic carbocycles. The maximum Gasteiger partial charge on any atom is 0.251 e. The number of amides is 1. The maximum absolute atomic E-state index is 12.2. The van der Waals surface area contributed by atoms with Crippen molar-refractivity contribution in [2.45, 2.75) is 13.5 Å². The predicted molar refractivity (Wildman–Crippen MR) is 89.9 cm³/mol. The Kier molecular flexibility index (Phi) is 4.30. The number of nitrogens with zero attached hydrogens (tertiary/aromatic N) is 1. The molecule has 4 heteroatoms. The fourth-order valence-corrected chi connectivity index (χ4v) is 2.91. The van der Waals surface area contributed by atoms with Crippen molar-refractivity contribution >= 4 is 17.2 Å². The van der Waals surface area contributed by atoms with Crippen LogP contribution in [0.2, 0.25) is 0 Å². The molecule has 3 nitrogen and oxygen atoms in total. The number of pyridine rings is 1.